The maximum atomic E-state index is 13.9. The predicted molar refractivity (Wildman–Crippen MR) is 156 cm³/mol. The lowest BCUT2D eigenvalue weighted by Crippen LogP contribution is -2.52. The Labute approximate surface area is 239 Å². The summed E-state index contributed by atoms with van der Waals surface area (Å²) in [5, 5.41) is 2.93. The van der Waals surface area contributed by atoms with Gasteiger partial charge in [-0.3, -0.25) is 13.9 Å². The third kappa shape index (κ3) is 7.83. The van der Waals surface area contributed by atoms with Crippen LogP contribution >= 0.6 is 15.9 Å². The molecule has 0 unspecified atom stereocenters. The van der Waals surface area contributed by atoms with Gasteiger partial charge in [-0.15, -0.1) is 0 Å². The molecule has 0 fully saturated rings. The van der Waals surface area contributed by atoms with Crippen molar-refractivity contribution < 1.29 is 22.7 Å². The molecule has 39 heavy (non-hydrogen) atoms. The zero-order chi connectivity index (χ0) is 28.6. The summed E-state index contributed by atoms with van der Waals surface area (Å²) in [5.74, 6) is -0.308. The number of carbonyl (C=O) groups is 2. The minimum absolute atomic E-state index is 0.0149. The number of carbonyl (C=O) groups excluding carboxylic acids is 2. The first kappa shape index (κ1) is 30.2. The molecule has 208 valence electrons. The Kier molecular flexibility index (Phi) is 10.5. The molecule has 0 heterocycles. The van der Waals surface area contributed by atoms with E-state index in [1.54, 1.807) is 49.4 Å². The Bertz CT molecular complexity index is 1370. The summed E-state index contributed by atoms with van der Waals surface area (Å²) in [6.07, 6.45) is 0.736. The molecule has 0 aromatic heterocycles. The van der Waals surface area contributed by atoms with Crippen molar-refractivity contribution in [1.29, 1.82) is 0 Å². The molecule has 0 aliphatic rings. The fraction of sp³-hybridized carbons (Fsp3) is 0.310. The van der Waals surface area contributed by atoms with E-state index in [0.717, 1.165) is 20.8 Å². The summed E-state index contributed by atoms with van der Waals surface area (Å²) in [4.78, 5) is 28.4. The van der Waals surface area contributed by atoms with Crippen LogP contribution in [0, 0.1) is 0 Å². The SMILES string of the molecule is CC[C@@H](C)NC(=O)[C@@H](C)N(Cc1cccc(Br)c1)C(=O)CN(c1ccccc1)S(=O)(=O)c1ccc(OC)cc1. The molecule has 2 atom stereocenters. The molecule has 3 aromatic carbocycles. The van der Waals surface area contributed by atoms with E-state index in [4.69, 9.17) is 4.74 Å². The maximum Gasteiger partial charge on any atom is 0.264 e. The molecule has 0 saturated heterocycles. The summed E-state index contributed by atoms with van der Waals surface area (Å²) in [7, 11) is -2.64. The molecule has 10 heteroatoms. The van der Waals surface area contributed by atoms with Crippen LogP contribution in [0.4, 0.5) is 5.69 Å². The Morgan fingerprint density at radius 1 is 0.974 bits per heavy atom. The van der Waals surface area contributed by atoms with Crippen molar-refractivity contribution in [3.8, 4) is 5.75 Å². The van der Waals surface area contributed by atoms with E-state index in [1.165, 1.54) is 24.1 Å². The van der Waals surface area contributed by atoms with Crippen molar-refractivity contribution in [1.82, 2.24) is 10.2 Å². The van der Waals surface area contributed by atoms with Crippen LogP contribution in [0.3, 0.4) is 0 Å². The van der Waals surface area contributed by atoms with Gasteiger partial charge in [0.1, 0.15) is 18.3 Å². The third-order valence-electron chi connectivity index (χ3n) is 6.38. The highest BCUT2D eigenvalue weighted by atomic mass is 79.9. The van der Waals surface area contributed by atoms with Gasteiger partial charge in [0.25, 0.3) is 10.0 Å². The predicted octanol–water partition coefficient (Wildman–Crippen LogP) is 4.99. The Morgan fingerprint density at radius 3 is 2.23 bits per heavy atom. The van der Waals surface area contributed by atoms with Crippen molar-refractivity contribution >= 4 is 43.5 Å². The average molecular weight is 617 g/mol. The normalized spacial score (nSPS) is 12.7. The quantitative estimate of drug-likeness (QED) is 0.310. The van der Waals surface area contributed by atoms with Crippen molar-refractivity contribution in [3.05, 3.63) is 88.9 Å². The number of para-hydroxylation sites is 1. The lowest BCUT2D eigenvalue weighted by Gasteiger charge is -2.32. The van der Waals surface area contributed by atoms with Gasteiger partial charge in [-0.25, -0.2) is 8.42 Å². The van der Waals surface area contributed by atoms with Gasteiger partial charge in [-0.05, 0) is 74.4 Å². The van der Waals surface area contributed by atoms with E-state index in [0.29, 0.717) is 11.4 Å². The lowest BCUT2D eigenvalue weighted by atomic mass is 10.1. The molecule has 0 radical (unpaired) electrons. The highest BCUT2D eigenvalue weighted by Crippen LogP contribution is 2.26. The fourth-order valence-corrected chi connectivity index (χ4v) is 5.74. The van der Waals surface area contributed by atoms with E-state index in [1.807, 2.05) is 38.1 Å². The number of nitrogens with zero attached hydrogens (tertiary/aromatic N) is 2. The number of benzene rings is 3. The summed E-state index contributed by atoms with van der Waals surface area (Å²) in [6, 6.07) is 21.0. The van der Waals surface area contributed by atoms with Crippen LogP contribution in [0.15, 0.2) is 88.2 Å². The van der Waals surface area contributed by atoms with E-state index >= 15 is 0 Å². The van der Waals surface area contributed by atoms with Crippen molar-refractivity contribution in [2.45, 2.75) is 50.7 Å². The van der Waals surface area contributed by atoms with Crippen LogP contribution < -0.4 is 14.4 Å². The van der Waals surface area contributed by atoms with Crippen LogP contribution in [-0.4, -0.2) is 50.9 Å². The van der Waals surface area contributed by atoms with Crippen molar-refractivity contribution in [2.24, 2.45) is 0 Å². The van der Waals surface area contributed by atoms with Gasteiger partial charge in [0.15, 0.2) is 0 Å². The number of amides is 2. The molecular formula is C29H34BrN3O5S. The van der Waals surface area contributed by atoms with Gasteiger partial charge in [-0.1, -0.05) is 53.2 Å². The van der Waals surface area contributed by atoms with Crippen LogP contribution in [-0.2, 0) is 26.2 Å². The van der Waals surface area contributed by atoms with Gasteiger partial charge >= 0.3 is 0 Å². The largest absolute Gasteiger partial charge is 0.497 e. The number of halogens is 1. The molecular weight excluding hydrogens is 582 g/mol. The standard InChI is InChI=1S/C29H34BrN3O5S/c1-5-21(2)31-29(35)22(3)32(19-23-10-9-11-24(30)18-23)28(34)20-33(25-12-7-6-8-13-25)39(36,37)27-16-14-26(38-4)15-17-27/h6-18,21-22H,5,19-20H2,1-4H3,(H,31,35)/t21-,22-/m1/s1. The highest BCUT2D eigenvalue weighted by Gasteiger charge is 2.32. The number of methoxy groups -OCH3 is 1. The molecule has 3 rings (SSSR count). The number of ether oxygens (including phenoxy) is 1. The highest BCUT2D eigenvalue weighted by molar-refractivity contribution is 9.10. The molecule has 8 nitrogen and oxygen atoms in total. The number of sulfonamides is 1. The second kappa shape index (κ2) is 13.6. The molecule has 1 N–H and O–H groups in total. The molecule has 0 saturated carbocycles. The van der Waals surface area contributed by atoms with Gasteiger partial charge in [0.2, 0.25) is 11.8 Å². The minimum atomic E-state index is -4.13. The van der Waals surface area contributed by atoms with E-state index < -0.39 is 28.5 Å². The Balaban J connectivity index is 2.00. The Morgan fingerprint density at radius 2 is 1.64 bits per heavy atom. The summed E-state index contributed by atoms with van der Waals surface area (Å²) < 4.78 is 34.7. The average Bonchev–Trinajstić information content (AvgIpc) is 2.94. The topological polar surface area (TPSA) is 96.0 Å². The molecule has 0 aliphatic carbocycles. The second-order valence-electron chi connectivity index (χ2n) is 9.17. The zero-order valence-electron chi connectivity index (χ0n) is 22.5. The first-order valence-electron chi connectivity index (χ1n) is 12.6. The number of rotatable bonds is 12. The van der Waals surface area contributed by atoms with E-state index in [9.17, 15) is 18.0 Å². The zero-order valence-corrected chi connectivity index (χ0v) is 24.9. The lowest BCUT2D eigenvalue weighted by molar-refractivity contribution is -0.139. The number of hydrogen-bond donors (Lipinski definition) is 1. The van der Waals surface area contributed by atoms with Crippen molar-refractivity contribution in [2.75, 3.05) is 18.0 Å². The summed E-state index contributed by atoms with van der Waals surface area (Å²) in [6.45, 7) is 5.13. The number of nitrogens with one attached hydrogen (secondary N) is 1. The van der Waals surface area contributed by atoms with Crippen LogP contribution in [0.5, 0.6) is 5.75 Å². The number of anilines is 1. The molecule has 0 spiro atoms. The van der Waals surface area contributed by atoms with Crippen LogP contribution in [0.1, 0.15) is 32.8 Å². The van der Waals surface area contributed by atoms with Gasteiger partial charge in [0, 0.05) is 17.1 Å². The minimum Gasteiger partial charge on any atom is -0.497 e. The fourth-order valence-electron chi connectivity index (χ4n) is 3.88. The van der Waals surface area contributed by atoms with Gasteiger partial charge in [0.05, 0.1) is 17.7 Å². The molecule has 0 bridgehead atoms. The second-order valence-corrected chi connectivity index (χ2v) is 11.9. The van der Waals surface area contributed by atoms with Gasteiger partial charge in [-0.2, -0.15) is 0 Å². The maximum absolute atomic E-state index is 13.9. The summed E-state index contributed by atoms with van der Waals surface area (Å²) >= 11 is 3.45. The molecule has 0 aliphatic heterocycles. The van der Waals surface area contributed by atoms with E-state index in [2.05, 4.69) is 21.2 Å². The smallest absolute Gasteiger partial charge is 0.264 e. The van der Waals surface area contributed by atoms with Crippen LogP contribution in [0.2, 0.25) is 0 Å². The third-order valence-corrected chi connectivity index (χ3v) is 8.66. The number of hydrogen-bond acceptors (Lipinski definition) is 5. The monoisotopic (exact) mass is 615 g/mol. The molecule has 2 amide bonds. The molecule has 3 aromatic rings. The first-order chi connectivity index (χ1) is 18.6. The van der Waals surface area contributed by atoms with Crippen molar-refractivity contribution in [3.63, 3.8) is 0 Å². The van der Waals surface area contributed by atoms with Gasteiger partial charge < -0.3 is 15.0 Å². The summed E-state index contributed by atoms with van der Waals surface area (Å²) in [5.41, 5.74) is 1.13. The van der Waals surface area contributed by atoms with Crippen LogP contribution in [0.25, 0.3) is 0 Å². The Hall–Kier alpha value is -3.37. The first-order valence-corrected chi connectivity index (χ1v) is 14.9. The van der Waals surface area contributed by atoms with E-state index in [-0.39, 0.29) is 23.4 Å².